The minimum atomic E-state index is 0.103. The monoisotopic (exact) mass is 250 g/mol. The molecule has 0 spiro atoms. The van der Waals surface area contributed by atoms with E-state index in [-0.39, 0.29) is 11.2 Å². The number of imidazole rings is 1. The molecule has 6 nitrogen and oxygen atoms in total. The molecule has 1 aliphatic carbocycles. The highest BCUT2D eigenvalue weighted by Crippen LogP contribution is 2.22. The van der Waals surface area contributed by atoms with E-state index in [1.54, 1.807) is 6.33 Å². The Balaban J connectivity index is 2.11. The number of anilines is 1. The van der Waals surface area contributed by atoms with Gasteiger partial charge in [-0.1, -0.05) is 0 Å². The molecule has 1 aliphatic rings. The molecule has 0 saturated carbocycles. The molecule has 0 saturated heterocycles. The van der Waals surface area contributed by atoms with Crippen LogP contribution in [0.2, 0.25) is 5.28 Å². The van der Waals surface area contributed by atoms with Crippen molar-refractivity contribution >= 4 is 17.5 Å². The Kier molecular flexibility index (Phi) is 2.44. The third-order valence-corrected chi connectivity index (χ3v) is 3.03. The molecule has 0 radical (unpaired) electrons. The number of hydrogen-bond donors (Lipinski definition) is 1. The SMILES string of the molecule is Nc1nc(Cl)nc(-n2cnc3c2CCCC3)n1. The maximum Gasteiger partial charge on any atom is 0.241 e. The van der Waals surface area contributed by atoms with Crippen LogP contribution in [-0.2, 0) is 12.8 Å². The van der Waals surface area contributed by atoms with Crippen molar-refractivity contribution in [2.24, 2.45) is 0 Å². The fraction of sp³-hybridized carbons (Fsp3) is 0.400. The van der Waals surface area contributed by atoms with Gasteiger partial charge in [0.25, 0.3) is 0 Å². The molecule has 0 aliphatic heterocycles. The molecule has 2 N–H and O–H groups in total. The molecule has 0 aromatic carbocycles. The Morgan fingerprint density at radius 2 is 2.00 bits per heavy atom. The molecule has 0 fully saturated rings. The van der Waals surface area contributed by atoms with Gasteiger partial charge in [0.05, 0.1) is 5.69 Å². The second-order valence-corrected chi connectivity index (χ2v) is 4.32. The maximum absolute atomic E-state index is 5.77. The highest BCUT2D eigenvalue weighted by molar-refractivity contribution is 6.28. The Hall–Kier alpha value is -1.69. The van der Waals surface area contributed by atoms with Gasteiger partial charge < -0.3 is 5.73 Å². The van der Waals surface area contributed by atoms with Crippen molar-refractivity contribution in [2.75, 3.05) is 5.73 Å². The van der Waals surface area contributed by atoms with Crippen LogP contribution in [0.1, 0.15) is 24.2 Å². The number of fused-ring (bicyclic) bond motifs is 1. The quantitative estimate of drug-likeness (QED) is 0.822. The average Bonchev–Trinajstić information content (AvgIpc) is 2.71. The average molecular weight is 251 g/mol. The van der Waals surface area contributed by atoms with Gasteiger partial charge in [0.2, 0.25) is 17.2 Å². The minimum Gasteiger partial charge on any atom is -0.368 e. The molecule has 88 valence electrons. The zero-order valence-corrected chi connectivity index (χ0v) is 9.85. The first-order chi connectivity index (χ1) is 8.24. The predicted octanol–water partition coefficient (Wildman–Crippen LogP) is 1.17. The summed E-state index contributed by atoms with van der Waals surface area (Å²) in [5.74, 6) is 0.566. The number of aromatic nitrogens is 5. The van der Waals surface area contributed by atoms with Gasteiger partial charge in [-0.15, -0.1) is 0 Å². The van der Waals surface area contributed by atoms with Crippen molar-refractivity contribution < 1.29 is 0 Å². The third kappa shape index (κ3) is 1.84. The zero-order chi connectivity index (χ0) is 11.8. The van der Waals surface area contributed by atoms with Crippen molar-refractivity contribution in [2.45, 2.75) is 25.7 Å². The Morgan fingerprint density at radius 1 is 1.18 bits per heavy atom. The smallest absolute Gasteiger partial charge is 0.241 e. The molecule has 7 heteroatoms. The summed E-state index contributed by atoms with van der Waals surface area (Å²) in [6.45, 7) is 0. The normalized spacial score (nSPS) is 14.6. The summed E-state index contributed by atoms with van der Waals surface area (Å²) in [4.78, 5) is 16.3. The first-order valence-electron chi connectivity index (χ1n) is 5.46. The van der Waals surface area contributed by atoms with Crippen LogP contribution in [0.3, 0.4) is 0 Å². The molecular formula is C10H11ClN6. The lowest BCUT2D eigenvalue weighted by molar-refractivity contribution is 0.651. The summed E-state index contributed by atoms with van der Waals surface area (Å²) in [6, 6.07) is 0. The van der Waals surface area contributed by atoms with Crippen molar-refractivity contribution in [3.05, 3.63) is 23.0 Å². The number of nitrogen functional groups attached to an aromatic ring is 1. The second kappa shape index (κ2) is 3.96. The van der Waals surface area contributed by atoms with E-state index in [4.69, 9.17) is 17.3 Å². The molecule has 17 heavy (non-hydrogen) atoms. The van der Waals surface area contributed by atoms with E-state index < -0.39 is 0 Å². The first-order valence-corrected chi connectivity index (χ1v) is 5.84. The summed E-state index contributed by atoms with van der Waals surface area (Å²) in [5.41, 5.74) is 7.83. The molecule has 3 rings (SSSR count). The summed E-state index contributed by atoms with van der Waals surface area (Å²) in [6.07, 6.45) is 6.06. The van der Waals surface area contributed by atoms with Crippen LogP contribution in [0.25, 0.3) is 5.95 Å². The maximum atomic E-state index is 5.77. The molecule has 2 aromatic heterocycles. The van der Waals surface area contributed by atoms with Gasteiger partial charge in [-0.05, 0) is 37.3 Å². The molecule has 0 bridgehead atoms. The number of hydrogen-bond acceptors (Lipinski definition) is 5. The van der Waals surface area contributed by atoms with Gasteiger partial charge in [0.15, 0.2) is 0 Å². The van der Waals surface area contributed by atoms with Gasteiger partial charge in [-0.2, -0.15) is 15.0 Å². The van der Waals surface area contributed by atoms with Crippen molar-refractivity contribution in [3.63, 3.8) is 0 Å². The molecule has 2 aromatic rings. The number of rotatable bonds is 1. The van der Waals surface area contributed by atoms with Crippen molar-refractivity contribution in [3.8, 4) is 5.95 Å². The standard InChI is InChI=1S/C10H11ClN6/c11-8-14-9(12)16-10(15-8)17-5-13-6-3-1-2-4-7(6)17/h5H,1-4H2,(H2,12,14,15,16). The van der Waals surface area contributed by atoms with E-state index in [2.05, 4.69) is 19.9 Å². The summed E-state index contributed by atoms with van der Waals surface area (Å²) in [5, 5.41) is 0.103. The molecule has 0 amide bonds. The lowest BCUT2D eigenvalue weighted by atomic mass is 10.0. The molecule has 0 unspecified atom stereocenters. The van der Waals surface area contributed by atoms with Gasteiger partial charge in [-0.3, -0.25) is 4.57 Å². The van der Waals surface area contributed by atoms with E-state index in [9.17, 15) is 0 Å². The van der Waals surface area contributed by atoms with E-state index in [0.717, 1.165) is 30.7 Å². The van der Waals surface area contributed by atoms with Crippen LogP contribution < -0.4 is 5.73 Å². The Morgan fingerprint density at radius 3 is 2.82 bits per heavy atom. The lowest BCUT2D eigenvalue weighted by Crippen LogP contribution is -2.11. The van der Waals surface area contributed by atoms with Gasteiger partial charge in [0, 0.05) is 5.69 Å². The van der Waals surface area contributed by atoms with E-state index in [1.165, 1.54) is 6.42 Å². The number of nitrogens with two attached hydrogens (primary N) is 1. The van der Waals surface area contributed by atoms with Crippen molar-refractivity contribution in [1.82, 2.24) is 24.5 Å². The topological polar surface area (TPSA) is 82.5 Å². The fourth-order valence-corrected chi connectivity index (χ4v) is 2.27. The van der Waals surface area contributed by atoms with Crippen LogP contribution >= 0.6 is 11.6 Å². The molecule has 0 atom stereocenters. The Labute approximate surface area is 103 Å². The predicted molar refractivity (Wildman–Crippen MR) is 63.0 cm³/mol. The van der Waals surface area contributed by atoms with Crippen LogP contribution in [0.15, 0.2) is 6.33 Å². The summed E-state index contributed by atoms with van der Waals surface area (Å²) >= 11 is 5.77. The molecule has 2 heterocycles. The van der Waals surface area contributed by atoms with Crippen LogP contribution in [0.4, 0.5) is 5.95 Å². The van der Waals surface area contributed by atoms with E-state index >= 15 is 0 Å². The highest BCUT2D eigenvalue weighted by atomic mass is 35.5. The van der Waals surface area contributed by atoms with Crippen LogP contribution in [-0.4, -0.2) is 24.5 Å². The van der Waals surface area contributed by atoms with Crippen LogP contribution in [0.5, 0.6) is 0 Å². The van der Waals surface area contributed by atoms with E-state index in [0.29, 0.717) is 5.95 Å². The lowest BCUT2D eigenvalue weighted by Gasteiger charge is -2.12. The summed E-state index contributed by atoms with van der Waals surface area (Å²) in [7, 11) is 0. The van der Waals surface area contributed by atoms with E-state index in [1.807, 2.05) is 4.57 Å². The first kappa shape index (κ1) is 10.5. The second-order valence-electron chi connectivity index (χ2n) is 3.98. The largest absolute Gasteiger partial charge is 0.368 e. The highest BCUT2D eigenvalue weighted by Gasteiger charge is 2.17. The number of nitrogens with zero attached hydrogens (tertiary/aromatic N) is 5. The number of halogens is 1. The number of aryl methyl sites for hydroxylation is 1. The van der Waals surface area contributed by atoms with Crippen LogP contribution in [0, 0.1) is 0 Å². The van der Waals surface area contributed by atoms with Crippen molar-refractivity contribution in [1.29, 1.82) is 0 Å². The van der Waals surface area contributed by atoms with Gasteiger partial charge in [-0.25, -0.2) is 4.98 Å². The summed E-state index contributed by atoms with van der Waals surface area (Å²) < 4.78 is 1.85. The molecular weight excluding hydrogens is 240 g/mol. The fourth-order valence-electron chi connectivity index (χ4n) is 2.10. The van der Waals surface area contributed by atoms with Gasteiger partial charge >= 0.3 is 0 Å². The zero-order valence-electron chi connectivity index (χ0n) is 9.10. The van der Waals surface area contributed by atoms with Gasteiger partial charge in [0.1, 0.15) is 6.33 Å². The third-order valence-electron chi connectivity index (χ3n) is 2.86. The minimum absolute atomic E-state index is 0.103. The Bertz CT molecular complexity index is 544.